The molecule has 1 amide bonds. The van der Waals surface area contributed by atoms with Gasteiger partial charge < -0.3 is 13.9 Å². The van der Waals surface area contributed by atoms with Gasteiger partial charge in [-0.1, -0.05) is 24.5 Å². The third-order valence-corrected chi connectivity index (χ3v) is 3.26. The first-order chi connectivity index (χ1) is 11.3. The van der Waals surface area contributed by atoms with E-state index in [4.69, 9.17) is 9.15 Å². The van der Waals surface area contributed by atoms with E-state index < -0.39 is 18.3 Å². The van der Waals surface area contributed by atoms with Crippen LogP contribution in [-0.2, 0) is 42.2 Å². The molecule has 131 valence electrons. The molecule has 0 fully saturated rings. The molecule has 0 aliphatic carbocycles. The Morgan fingerprint density at radius 2 is 1.92 bits per heavy atom. The van der Waals surface area contributed by atoms with Crippen LogP contribution in [0.15, 0.2) is 16.5 Å². The van der Waals surface area contributed by atoms with Crippen molar-refractivity contribution in [2.45, 2.75) is 33.9 Å². The molecule has 1 aromatic carbocycles. The fourth-order valence-electron chi connectivity index (χ4n) is 2.13. The average Bonchev–Trinajstić information content (AvgIpc) is 2.93. The molecular weight excluding hydrogens is 403 g/mol. The molecule has 0 N–H and O–H groups in total. The summed E-state index contributed by atoms with van der Waals surface area (Å²) >= 11 is 0. The van der Waals surface area contributed by atoms with Gasteiger partial charge in [-0.3, -0.25) is 4.79 Å². The van der Waals surface area contributed by atoms with Crippen molar-refractivity contribution < 1.29 is 56.2 Å². The minimum absolute atomic E-state index is 0. The van der Waals surface area contributed by atoms with Gasteiger partial charge in [0.1, 0.15) is 0 Å². The van der Waals surface area contributed by atoms with E-state index >= 15 is 0 Å². The number of ether oxygens (including phenoxy) is 2. The topological polar surface area (TPSA) is 94.8 Å². The van der Waals surface area contributed by atoms with Gasteiger partial charge in [-0.2, -0.15) is 29.3 Å². The number of anilines is 1. The van der Waals surface area contributed by atoms with Crippen LogP contribution in [-0.4, -0.2) is 35.6 Å². The van der Waals surface area contributed by atoms with E-state index in [1.54, 1.807) is 26.0 Å². The van der Waals surface area contributed by atoms with Crippen LogP contribution < -0.4 is 4.90 Å². The van der Waals surface area contributed by atoms with Crippen molar-refractivity contribution >= 4 is 18.1 Å². The molecule has 0 aliphatic heterocycles. The molecule has 25 heavy (non-hydrogen) atoms. The van der Waals surface area contributed by atoms with Crippen LogP contribution in [0.25, 0.3) is 0 Å². The van der Waals surface area contributed by atoms with Crippen molar-refractivity contribution in [2.24, 2.45) is 0 Å². The number of amides is 1. The first kappa shape index (κ1) is 21.2. The summed E-state index contributed by atoms with van der Waals surface area (Å²) in [7, 11) is 1.18. The maximum atomic E-state index is 12.9. The van der Waals surface area contributed by atoms with Gasteiger partial charge in [0.25, 0.3) is 0 Å². The Morgan fingerprint density at radius 1 is 1.24 bits per heavy atom. The monoisotopic (exact) mass is 421 g/mol. The Bertz CT molecular complexity index is 762. The molecule has 8 nitrogen and oxygen atoms in total. The van der Waals surface area contributed by atoms with Gasteiger partial charge in [-0.05, 0) is 6.92 Å². The SMILES string of the molecule is COC(=O)OC(C)N(C(=O)c1ccc(C)[c-]c1C)c1nnc(C)o1.[Y]. The third kappa shape index (κ3) is 5.09. The Hall–Kier alpha value is -1.80. The molecular formula is C16H18N3O5Y-. The van der Waals surface area contributed by atoms with Gasteiger partial charge in [-0.25, -0.2) is 9.69 Å². The number of rotatable bonds is 4. The predicted molar refractivity (Wildman–Crippen MR) is 83.5 cm³/mol. The second-order valence-electron chi connectivity index (χ2n) is 5.13. The molecule has 1 aromatic heterocycles. The summed E-state index contributed by atoms with van der Waals surface area (Å²) in [6.07, 6.45) is -1.94. The minimum atomic E-state index is -1.01. The van der Waals surface area contributed by atoms with Crippen molar-refractivity contribution in [2.75, 3.05) is 12.0 Å². The van der Waals surface area contributed by atoms with Crippen LogP contribution >= 0.6 is 0 Å². The Balaban J connectivity index is 0.00000312. The number of aromatic nitrogens is 2. The molecule has 1 heterocycles. The zero-order valence-corrected chi connectivity index (χ0v) is 17.5. The number of methoxy groups -OCH3 is 1. The molecule has 0 saturated heterocycles. The number of benzene rings is 1. The number of carbonyl (C=O) groups excluding carboxylic acids is 2. The molecule has 2 aromatic rings. The number of hydrogen-bond acceptors (Lipinski definition) is 7. The molecule has 2 rings (SSSR count). The van der Waals surface area contributed by atoms with Crippen LogP contribution in [0.2, 0.25) is 0 Å². The van der Waals surface area contributed by atoms with Gasteiger partial charge in [0.05, 0.1) is 7.11 Å². The molecule has 0 saturated carbocycles. The zero-order chi connectivity index (χ0) is 17.9. The molecule has 0 bridgehead atoms. The Labute approximate surface area is 170 Å². The number of nitrogens with zero attached hydrogens (tertiary/aromatic N) is 3. The molecule has 9 heteroatoms. The number of hydrogen-bond donors (Lipinski definition) is 0. The minimum Gasteiger partial charge on any atom is -0.438 e. The fraction of sp³-hybridized carbons (Fsp3) is 0.375. The number of aryl methyl sites for hydroxylation is 3. The van der Waals surface area contributed by atoms with Crippen LogP contribution in [0.1, 0.15) is 34.3 Å². The quantitative estimate of drug-likeness (QED) is 0.426. The second-order valence-corrected chi connectivity index (χ2v) is 5.13. The van der Waals surface area contributed by atoms with E-state index in [-0.39, 0.29) is 44.6 Å². The summed E-state index contributed by atoms with van der Waals surface area (Å²) in [5, 5.41) is 7.55. The Morgan fingerprint density at radius 3 is 2.44 bits per heavy atom. The summed E-state index contributed by atoms with van der Waals surface area (Å²) < 4.78 is 14.8. The van der Waals surface area contributed by atoms with Gasteiger partial charge in [0.15, 0.2) is 6.23 Å². The fourth-order valence-corrected chi connectivity index (χ4v) is 2.13. The maximum Gasteiger partial charge on any atom is 0.509 e. The molecule has 1 unspecified atom stereocenters. The maximum absolute atomic E-state index is 12.9. The third-order valence-electron chi connectivity index (χ3n) is 3.26. The zero-order valence-electron chi connectivity index (χ0n) is 14.7. The summed E-state index contributed by atoms with van der Waals surface area (Å²) in [4.78, 5) is 25.4. The standard InChI is InChI=1S/C16H18N3O5.Y/c1-9-6-7-13(10(2)8-9)14(20)19(12(4)24-16(21)22-5)15-18-17-11(3)23-15;/h6-7,12H,1-5H3;/q-1;. The normalized spacial score (nSPS) is 11.2. The smallest absolute Gasteiger partial charge is 0.438 e. The molecule has 1 radical (unpaired) electrons. The van der Waals surface area contributed by atoms with Gasteiger partial charge in [-0.15, -0.1) is 5.10 Å². The predicted octanol–water partition coefficient (Wildman–Crippen LogP) is 2.57. The van der Waals surface area contributed by atoms with Crippen molar-refractivity contribution in [3.8, 4) is 0 Å². The van der Waals surface area contributed by atoms with E-state index in [1.807, 2.05) is 6.92 Å². The second kappa shape index (κ2) is 9.05. The van der Waals surface area contributed by atoms with Crippen LogP contribution in [0.4, 0.5) is 10.8 Å². The summed E-state index contributed by atoms with van der Waals surface area (Å²) in [6.45, 7) is 6.74. The number of carbonyl (C=O) groups is 2. The summed E-state index contributed by atoms with van der Waals surface area (Å²) in [6, 6.07) is 6.44. The van der Waals surface area contributed by atoms with E-state index in [0.29, 0.717) is 11.1 Å². The first-order valence-corrected chi connectivity index (χ1v) is 7.21. The molecule has 0 aliphatic rings. The summed E-state index contributed by atoms with van der Waals surface area (Å²) in [5.41, 5.74) is 1.95. The first-order valence-electron chi connectivity index (χ1n) is 7.21. The van der Waals surface area contributed by atoms with Crippen LogP contribution in [0, 0.1) is 26.8 Å². The van der Waals surface area contributed by atoms with Gasteiger partial charge >= 0.3 is 12.2 Å². The van der Waals surface area contributed by atoms with E-state index in [2.05, 4.69) is 21.0 Å². The van der Waals surface area contributed by atoms with Crippen LogP contribution in [0.5, 0.6) is 0 Å². The van der Waals surface area contributed by atoms with Crippen molar-refractivity contribution in [3.05, 3.63) is 40.8 Å². The van der Waals surface area contributed by atoms with Crippen molar-refractivity contribution in [1.29, 1.82) is 0 Å². The van der Waals surface area contributed by atoms with Gasteiger partial charge in [0, 0.05) is 39.6 Å². The van der Waals surface area contributed by atoms with E-state index in [9.17, 15) is 9.59 Å². The average molecular weight is 421 g/mol. The van der Waals surface area contributed by atoms with E-state index in [1.165, 1.54) is 14.0 Å². The summed E-state index contributed by atoms with van der Waals surface area (Å²) in [5.74, 6) is -0.177. The van der Waals surface area contributed by atoms with E-state index in [0.717, 1.165) is 10.5 Å². The largest absolute Gasteiger partial charge is 0.509 e. The van der Waals surface area contributed by atoms with Crippen molar-refractivity contribution in [1.82, 2.24) is 10.2 Å². The Kier molecular flexibility index (Phi) is 7.70. The van der Waals surface area contributed by atoms with Crippen LogP contribution in [0.3, 0.4) is 0 Å². The molecule has 0 spiro atoms. The van der Waals surface area contributed by atoms with Gasteiger partial charge in [0.2, 0.25) is 11.8 Å². The van der Waals surface area contributed by atoms with Crippen molar-refractivity contribution in [3.63, 3.8) is 0 Å². The molecule has 1 atom stereocenters.